The van der Waals surface area contributed by atoms with Gasteiger partial charge < -0.3 is 29.2 Å². The maximum atomic E-state index is 12.0. The van der Waals surface area contributed by atoms with Gasteiger partial charge in [0, 0.05) is 25.5 Å². The highest BCUT2D eigenvalue weighted by Gasteiger charge is 2.17. The summed E-state index contributed by atoms with van der Waals surface area (Å²) in [4.78, 5) is 25.8. The molecule has 0 bridgehead atoms. The number of phenols is 1. The summed E-state index contributed by atoms with van der Waals surface area (Å²) in [6.45, 7) is 20.6. The summed E-state index contributed by atoms with van der Waals surface area (Å²) in [6, 6.07) is 5.24. The van der Waals surface area contributed by atoms with Crippen LogP contribution in [0.4, 0.5) is 5.13 Å². The van der Waals surface area contributed by atoms with Crippen molar-refractivity contribution in [2.75, 3.05) is 32.2 Å². The van der Waals surface area contributed by atoms with Crippen LogP contribution in [0.15, 0.2) is 41.9 Å². The number of aliphatic imine (C=N–C) groups is 1. The zero-order valence-corrected chi connectivity index (χ0v) is 26.9. The topological polar surface area (TPSA) is 120 Å². The number of nitrogens with one attached hydrogen (secondary N) is 1. The second-order valence-electron chi connectivity index (χ2n) is 10.0. The summed E-state index contributed by atoms with van der Waals surface area (Å²) in [6.07, 6.45) is 4.08. The molecule has 2 N–H and O–H groups in total. The molecule has 0 atom stereocenters. The van der Waals surface area contributed by atoms with Crippen molar-refractivity contribution < 1.29 is 24.1 Å². The van der Waals surface area contributed by atoms with Crippen molar-refractivity contribution in [3.05, 3.63) is 64.4 Å². The van der Waals surface area contributed by atoms with Gasteiger partial charge in [-0.15, -0.1) is 0 Å². The van der Waals surface area contributed by atoms with Gasteiger partial charge in [0.1, 0.15) is 16.4 Å². The number of carbonyl (C=O) groups is 1. The Kier molecular flexibility index (Phi) is 14.2. The molecule has 0 unspecified atom stereocenters. The molecule has 1 aromatic carbocycles. The Hall–Kier alpha value is -3.70. The third kappa shape index (κ3) is 10.6. The van der Waals surface area contributed by atoms with Crippen molar-refractivity contribution in [2.45, 2.75) is 67.9 Å². The molecular weight excluding hydrogens is 554 g/mol. The minimum Gasteiger partial charge on any atom is -0.504 e. The van der Waals surface area contributed by atoms with E-state index in [1.165, 1.54) is 24.9 Å². The number of hydrogen-bond donors (Lipinski definition) is 2. The number of aromatic nitrogens is 3. The molecule has 0 radical (unpaired) electrons. The Labute approximate surface area is 253 Å². The van der Waals surface area contributed by atoms with Gasteiger partial charge in [-0.2, -0.15) is 0 Å². The summed E-state index contributed by atoms with van der Waals surface area (Å²) < 4.78 is 17.5. The molecule has 10 nitrogen and oxygen atoms in total. The fourth-order valence-corrected chi connectivity index (χ4v) is 4.66. The number of nitrogens with zero attached hydrogens (tertiary/aromatic N) is 4. The lowest BCUT2D eigenvalue weighted by Crippen LogP contribution is -2.05. The van der Waals surface area contributed by atoms with Gasteiger partial charge in [0.2, 0.25) is 0 Å². The van der Waals surface area contributed by atoms with Gasteiger partial charge in [0.05, 0.1) is 31.4 Å². The maximum Gasteiger partial charge on any atom is 0.350 e. The molecular formula is C31H45N5O5S. The van der Waals surface area contributed by atoms with Crippen LogP contribution in [-0.4, -0.2) is 58.3 Å². The van der Waals surface area contributed by atoms with E-state index in [1.54, 1.807) is 32.3 Å². The number of rotatable bonds is 14. The predicted octanol–water partition coefficient (Wildman–Crippen LogP) is 6.75. The van der Waals surface area contributed by atoms with Crippen LogP contribution in [0.1, 0.15) is 79.8 Å². The first-order chi connectivity index (χ1) is 20.0. The maximum absolute atomic E-state index is 12.0. The van der Waals surface area contributed by atoms with E-state index >= 15 is 0 Å². The largest absolute Gasteiger partial charge is 0.504 e. The summed E-state index contributed by atoms with van der Waals surface area (Å²) in [5.74, 6) is 1.30. The molecule has 2 aromatic heterocycles. The predicted molar refractivity (Wildman–Crippen MR) is 169 cm³/mol. The number of carbonyl (C=O) groups excluding carboxylic acids is 1. The van der Waals surface area contributed by atoms with Crippen molar-refractivity contribution in [1.29, 1.82) is 0 Å². The minimum absolute atomic E-state index is 0.100. The van der Waals surface area contributed by atoms with Crippen molar-refractivity contribution in [3.63, 3.8) is 0 Å². The Morgan fingerprint density at radius 3 is 2.62 bits per heavy atom. The molecule has 11 heteroatoms. The van der Waals surface area contributed by atoms with Gasteiger partial charge in [-0.25, -0.2) is 19.8 Å². The summed E-state index contributed by atoms with van der Waals surface area (Å²) in [5, 5.41) is 13.3. The number of aromatic hydroxyl groups is 1. The SMILES string of the molecule is C=C(/N=C(/C)c1ncn(Cc2ccc(O)c(OC)c2)c1C)Nc1nc(C)c(C(=O)OCC)s1.CCCOCCC(C)C. The zero-order chi connectivity index (χ0) is 31.2. The third-order valence-corrected chi connectivity index (χ3v) is 7.09. The quantitative estimate of drug-likeness (QED) is 0.119. The summed E-state index contributed by atoms with van der Waals surface area (Å²) in [7, 11) is 1.52. The van der Waals surface area contributed by atoms with Crippen LogP contribution in [0.3, 0.4) is 0 Å². The number of hydrogen-bond acceptors (Lipinski definition) is 10. The summed E-state index contributed by atoms with van der Waals surface area (Å²) in [5.41, 5.74) is 3.92. The lowest BCUT2D eigenvalue weighted by atomic mass is 10.1. The van der Waals surface area contributed by atoms with Crippen LogP contribution in [0.25, 0.3) is 0 Å². The average molecular weight is 600 g/mol. The lowest BCUT2D eigenvalue weighted by Gasteiger charge is -2.09. The van der Waals surface area contributed by atoms with Crippen LogP contribution >= 0.6 is 11.3 Å². The van der Waals surface area contributed by atoms with Crippen LogP contribution in [0.2, 0.25) is 0 Å². The third-order valence-electron chi connectivity index (χ3n) is 6.04. The standard InChI is InChI=1S/C23H27N5O4S.C8H18O/c1-7-32-22(30)21-14(3)26-23(33-21)27-16(5)25-13(2)20-15(4)28(12-24-20)11-17-8-9-18(29)19(10-17)31-6;1-4-6-9-7-5-8(2)3/h8-10,12,29H,5,7,11H2,1-4,6H3,(H,26,27);8H,4-7H2,1-3H3/b25-13-;. The number of methoxy groups -OCH3 is 1. The van der Waals surface area contributed by atoms with Gasteiger partial charge in [-0.3, -0.25) is 0 Å². The van der Waals surface area contributed by atoms with E-state index in [0.717, 1.165) is 42.5 Å². The molecule has 42 heavy (non-hydrogen) atoms. The highest BCUT2D eigenvalue weighted by molar-refractivity contribution is 7.17. The van der Waals surface area contributed by atoms with E-state index < -0.39 is 5.97 Å². The van der Waals surface area contributed by atoms with E-state index in [1.807, 2.05) is 24.5 Å². The van der Waals surface area contributed by atoms with E-state index in [4.69, 9.17) is 14.2 Å². The highest BCUT2D eigenvalue weighted by Crippen LogP contribution is 2.27. The Morgan fingerprint density at radius 1 is 1.24 bits per heavy atom. The molecule has 3 rings (SSSR count). The highest BCUT2D eigenvalue weighted by atomic mass is 32.1. The molecule has 0 fully saturated rings. The number of ether oxygens (including phenoxy) is 3. The number of esters is 1. The molecule has 0 amide bonds. The van der Waals surface area contributed by atoms with Gasteiger partial charge in [-0.1, -0.05) is 44.8 Å². The summed E-state index contributed by atoms with van der Waals surface area (Å²) >= 11 is 1.20. The molecule has 0 aliphatic heterocycles. The minimum atomic E-state index is -0.391. The molecule has 0 saturated heterocycles. The Bertz CT molecular complexity index is 1350. The smallest absolute Gasteiger partial charge is 0.350 e. The van der Waals surface area contributed by atoms with Crippen molar-refractivity contribution in [3.8, 4) is 11.5 Å². The zero-order valence-electron chi connectivity index (χ0n) is 26.1. The molecule has 0 aliphatic rings. The van der Waals surface area contributed by atoms with E-state index in [9.17, 15) is 9.90 Å². The molecule has 0 aliphatic carbocycles. The van der Waals surface area contributed by atoms with Crippen molar-refractivity contribution in [1.82, 2.24) is 14.5 Å². The lowest BCUT2D eigenvalue weighted by molar-refractivity contribution is 0.0531. The molecule has 3 aromatic rings. The van der Waals surface area contributed by atoms with E-state index in [0.29, 0.717) is 46.1 Å². The van der Waals surface area contributed by atoms with Crippen molar-refractivity contribution >= 4 is 28.1 Å². The normalized spacial score (nSPS) is 11.2. The first-order valence-electron chi connectivity index (χ1n) is 14.1. The van der Waals surface area contributed by atoms with E-state index in [-0.39, 0.29) is 5.75 Å². The Morgan fingerprint density at radius 2 is 1.98 bits per heavy atom. The number of imidazole rings is 1. The van der Waals surface area contributed by atoms with Crippen molar-refractivity contribution in [2.24, 2.45) is 10.9 Å². The van der Waals surface area contributed by atoms with Crippen LogP contribution < -0.4 is 10.1 Å². The number of benzene rings is 1. The van der Waals surface area contributed by atoms with Gasteiger partial charge >= 0.3 is 5.97 Å². The monoisotopic (exact) mass is 599 g/mol. The van der Waals surface area contributed by atoms with Gasteiger partial charge in [0.15, 0.2) is 16.6 Å². The number of thiazole rings is 1. The molecule has 0 saturated carbocycles. The Balaban J connectivity index is 0.000000592. The second kappa shape index (κ2) is 17.3. The van der Waals surface area contributed by atoms with Crippen LogP contribution in [-0.2, 0) is 16.0 Å². The fraction of sp³-hybridized carbons (Fsp3) is 0.484. The molecule has 0 spiro atoms. The van der Waals surface area contributed by atoms with Gasteiger partial charge in [0.25, 0.3) is 0 Å². The molecule has 2 heterocycles. The fourth-order valence-electron chi connectivity index (χ4n) is 3.78. The second-order valence-corrected chi connectivity index (χ2v) is 11.0. The van der Waals surface area contributed by atoms with Crippen LogP contribution in [0.5, 0.6) is 11.5 Å². The van der Waals surface area contributed by atoms with Gasteiger partial charge in [-0.05, 0) is 64.2 Å². The number of phenolic OH excluding ortho intramolecular Hbond substituents is 1. The number of anilines is 1. The average Bonchev–Trinajstić information content (AvgIpc) is 3.49. The van der Waals surface area contributed by atoms with Crippen LogP contribution in [0, 0.1) is 19.8 Å². The first-order valence-corrected chi connectivity index (χ1v) is 14.9. The molecule has 230 valence electrons. The number of aryl methyl sites for hydroxylation is 1. The first kappa shape index (κ1) is 34.5. The van der Waals surface area contributed by atoms with E-state index in [2.05, 4.69) is 47.6 Å².